The van der Waals surface area contributed by atoms with Crippen molar-refractivity contribution in [3.63, 3.8) is 0 Å². The van der Waals surface area contributed by atoms with Gasteiger partial charge >= 0.3 is 0 Å². The molecule has 0 bridgehead atoms. The number of hydrogen-bond donors (Lipinski definition) is 2. The number of nitrogens with zero attached hydrogens (tertiary/aromatic N) is 2. The Hall–Kier alpha value is -2.12. The quantitative estimate of drug-likeness (QED) is 0.679. The van der Waals surface area contributed by atoms with Crippen LogP contribution in [0.3, 0.4) is 0 Å². The van der Waals surface area contributed by atoms with Gasteiger partial charge < -0.3 is 20.9 Å². The Labute approximate surface area is 135 Å². The van der Waals surface area contributed by atoms with Crippen molar-refractivity contribution in [3.05, 3.63) is 0 Å². The molecule has 128 valence electrons. The Morgan fingerprint density at radius 2 is 1.96 bits per heavy atom. The van der Waals surface area contributed by atoms with Crippen LogP contribution in [0.5, 0.6) is 0 Å². The Bertz CT molecular complexity index is 508. The number of primary amides is 1. The molecule has 8 nitrogen and oxygen atoms in total. The van der Waals surface area contributed by atoms with E-state index in [2.05, 4.69) is 5.32 Å². The van der Waals surface area contributed by atoms with Gasteiger partial charge in [0.1, 0.15) is 0 Å². The van der Waals surface area contributed by atoms with Crippen LogP contribution in [0.15, 0.2) is 0 Å². The molecule has 2 aliphatic heterocycles. The molecule has 2 saturated heterocycles. The first-order chi connectivity index (χ1) is 10.9. The molecule has 0 aromatic rings. The highest BCUT2D eigenvalue weighted by atomic mass is 16.2. The fourth-order valence-corrected chi connectivity index (χ4v) is 3.13. The van der Waals surface area contributed by atoms with Gasteiger partial charge in [-0.2, -0.15) is 0 Å². The fraction of sp³-hybridized carbons (Fsp3) is 0.733. The molecule has 0 radical (unpaired) electrons. The average molecular weight is 324 g/mol. The fourth-order valence-electron chi connectivity index (χ4n) is 3.13. The second-order valence-electron chi connectivity index (χ2n) is 6.23. The van der Waals surface area contributed by atoms with Crippen LogP contribution < -0.4 is 11.1 Å². The number of amides is 4. The molecule has 0 unspecified atom stereocenters. The van der Waals surface area contributed by atoms with Gasteiger partial charge in [0, 0.05) is 33.0 Å². The molecule has 2 aliphatic rings. The van der Waals surface area contributed by atoms with E-state index in [1.165, 1.54) is 11.8 Å². The summed E-state index contributed by atoms with van der Waals surface area (Å²) in [6, 6.07) is -0.494. The highest BCUT2D eigenvalue weighted by molar-refractivity contribution is 5.86. The van der Waals surface area contributed by atoms with Crippen LogP contribution in [0.25, 0.3) is 0 Å². The Morgan fingerprint density at radius 1 is 1.22 bits per heavy atom. The summed E-state index contributed by atoms with van der Waals surface area (Å²) in [5.41, 5.74) is 5.36. The van der Waals surface area contributed by atoms with Gasteiger partial charge in [0.15, 0.2) is 0 Å². The van der Waals surface area contributed by atoms with Gasteiger partial charge in [-0.25, -0.2) is 0 Å². The van der Waals surface area contributed by atoms with Gasteiger partial charge in [-0.15, -0.1) is 0 Å². The van der Waals surface area contributed by atoms with Crippen LogP contribution in [-0.2, 0) is 19.2 Å². The lowest BCUT2D eigenvalue weighted by Gasteiger charge is -2.22. The lowest BCUT2D eigenvalue weighted by Crippen LogP contribution is -2.49. The van der Waals surface area contributed by atoms with Crippen LogP contribution in [0, 0.1) is 5.92 Å². The lowest BCUT2D eigenvalue weighted by molar-refractivity contribution is -0.136. The second kappa shape index (κ2) is 7.43. The molecule has 2 fully saturated rings. The van der Waals surface area contributed by atoms with Crippen molar-refractivity contribution < 1.29 is 19.2 Å². The maximum Gasteiger partial charge on any atom is 0.239 e. The minimum atomic E-state index is -0.595. The summed E-state index contributed by atoms with van der Waals surface area (Å²) < 4.78 is 0. The summed E-state index contributed by atoms with van der Waals surface area (Å²) in [4.78, 5) is 50.2. The third kappa shape index (κ3) is 4.43. The number of nitrogens with two attached hydrogens (primary N) is 1. The molecular weight excluding hydrogens is 300 g/mol. The highest BCUT2D eigenvalue weighted by Crippen LogP contribution is 2.17. The van der Waals surface area contributed by atoms with E-state index >= 15 is 0 Å². The second-order valence-corrected chi connectivity index (χ2v) is 6.23. The first kappa shape index (κ1) is 17.2. The molecule has 8 heteroatoms. The Kier molecular flexibility index (Phi) is 5.57. The number of carbonyl (C=O) groups is 4. The summed E-state index contributed by atoms with van der Waals surface area (Å²) in [7, 11) is 0. The maximum absolute atomic E-state index is 12.2. The zero-order valence-electron chi connectivity index (χ0n) is 13.4. The van der Waals surface area contributed by atoms with Crippen LogP contribution in [0.4, 0.5) is 0 Å². The van der Waals surface area contributed by atoms with Crippen molar-refractivity contribution in [2.45, 2.75) is 38.6 Å². The van der Waals surface area contributed by atoms with Gasteiger partial charge in [0.2, 0.25) is 23.6 Å². The summed E-state index contributed by atoms with van der Waals surface area (Å²) in [5, 5.41) is 2.76. The van der Waals surface area contributed by atoms with Crippen molar-refractivity contribution >= 4 is 23.6 Å². The molecule has 2 rings (SSSR count). The normalized spacial score (nSPS) is 25.2. The predicted octanol–water partition coefficient (Wildman–Crippen LogP) is -1.16. The van der Waals surface area contributed by atoms with Crippen molar-refractivity contribution in [1.29, 1.82) is 0 Å². The summed E-state index contributed by atoms with van der Waals surface area (Å²) >= 11 is 0. The van der Waals surface area contributed by atoms with Crippen molar-refractivity contribution in [3.8, 4) is 0 Å². The minimum Gasteiger partial charge on any atom is -0.369 e. The SMILES string of the molecule is CC(=O)N1C[C@H](NC(=O)CN2CCCCCC2=O)[C@H](C(N)=O)C1. The number of rotatable bonds is 4. The third-order valence-electron chi connectivity index (χ3n) is 4.48. The highest BCUT2D eigenvalue weighted by Gasteiger charge is 2.38. The first-order valence-electron chi connectivity index (χ1n) is 8.00. The zero-order chi connectivity index (χ0) is 17.0. The van der Waals surface area contributed by atoms with Gasteiger partial charge in [-0.1, -0.05) is 6.42 Å². The Balaban J connectivity index is 1.93. The summed E-state index contributed by atoms with van der Waals surface area (Å²) in [5.74, 6) is -1.62. The molecule has 2 heterocycles. The standard InChI is InChI=1S/C15H24N4O4/c1-10(20)19-7-11(15(16)23)12(8-19)17-13(21)9-18-6-4-2-3-5-14(18)22/h11-12H,2-9H2,1H3,(H2,16,23)(H,17,21)/t11-,12+/m1/s1. The molecule has 3 N–H and O–H groups in total. The van der Waals surface area contributed by atoms with Gasteiger partial charge in [0.05, 0.1) is 18.5 Å². The molecule has 0 spiro atoms. The number of likely N-dealkylation sites (tertiary alicyclic amines) is 2. The minimum absolute atomic E-state index is 0.0130. The maximum atomic E-state index is 12.2. The molecular formula is C15H24N4O4. The summed E-state index contributed by atoms with van der Waals surface area (Å²) in [6.45, 7) is 2.47. The largest absolute Gasteiger partial charge is 0.369 e. The van der Waals surface area contributed by atoms with E-state index in [1.807, 2.05) is 0 Å². The van der Waals surface area contributed by atoms with E-state index in [4.69, 9.17) is 5.73 Å². The van der Waals surface area contributed by atoms with Crippen molar-refractivity contribution in [2.24, 2.45) is 11.7 Å². The molecule has 23 heavy (non-hydrogen) atoms. The number of hydrogen-bond acceptors (Lipinski definition) is 4. The lowest BCUT2D eigenvalue weighted by atomic mass is 10.0. The first-order valence-corrected chi connectivity index (χ1v) is 8.00. The molecule has 0 saturated carbocycles. The number of carbonyl (C=O) groups excluding carboxylic acids is 4. The van der Waals surface area contributed by atoms with Crippen molar-refractivity contribution in [2.75, 3.05) is 26.2 Å². The van der Waals surface area contributed by atoms with Crippen molar-refractivity contribution in [1.82, 2.24) is 15.1 Å². The van der Waals surface area contributed by atoms with Crippen LogP contribution in [0.1, 0.15) is 32.6 Å². The van der Waals surface area contributed by atoms with E-state index in [0.717, 1.165) is 19.3 Å². The van der Waals surface area contributed by atoms with Gasteiger partial charge in [-0.05, 0) is 12.8 Å². The molecule has 0 aliphatic carbocycles. The van der Waals surface area contributed by atoms with Gasteiger partial charge in [-0.3, -0.25) is 19.2 Å². The van der Waals surface area contributed by atoms with Crippen LogP contribution in [0.2, 0.25) is 0 Å². The van der Waals surface area contributed by atoms with E-state index in [0.29, 0.717) is 13.0 Å². The van der Waals surface area contributed by atoms with Crippen LogP contribution >= 0.6 is 0 Å². The smallest absolute Gasteiger partial charge is 0.239 e. The predicted molar refractivity (Wildman–Crippen MR) is 81.9 cm³/mol. The summed E-state index contributed by atoms with van der Waals surface area (Å²) in [6.07, 6.45) is 3.21. The topological polar surface area (TPSA) is 113 Å². The monoisotopic (exact) mass is 324 g/mol. The Morgan fingerprint density at radius 3 is 2.61 bits per heavy atom. The van der Waals surface area contributed by atoms with E-state index < -0.39 is 17.9 Å². The van der Waals surface area contributed by atoms with Gasteiger partial charge in [0.25, 0.3) is 0 Å². The van der Waals surface area contributed by atoms with E-state index in [9.17, 15) is 19.2 Å². The third-order valence-corrected chi connectivity index (χ3v) is 4.48. The molecule has 0 aromatic carbocycles. The molecule has 4 amide bonds. The van der Waals surface area contributed by atoms with Crippen LogP contribution in [-0.4, -0.2) is 65.6 Å². The average Bonchev–Trinajstić information content (AvgIpc) is 2.79. The van der Waals surface area contributed by atoms with E-state index in [-0.39, 0.29) is 37.4 Å². The number of nitrogens with one attached hydrogen (secondary N) is 1. The molecule has 2 atom stereocenters. The molecule has 0 aromatic heterocycles. The zero-order valence-corrected chi connectivity index (χ0v) is 13.4. The van der Waals surface area contributed by atoms with E-state index in [1.54, 1.807) is 4.90 Å².